The summed E-state index contributed by atoms with van der Waals surface area (Å²) in [5, 5.41) is 12.1. The average Bonchev–Trinajstić information content (AvgIpc) is 3.77. The minimum absolute atomic E-state index is 0.100. The molecule has 3 unspecified atom stereocenters. The van der Waals surface area contributed by atoms with Crippen molar-refractivity contribution in [1.29, 1.82) is 5.26 Å². The largest absolute Gasteiger partial charge is 0.326 e. The highest BCUT2D eigenvalue weighted by Gasteiger charge is 2.63. The van der Waals surface area contributed by atoms with Crippen molar-refractivity contribution < 1.29 is 22.4 Å². The monoisotopic (exact) mass is 539 g/mol. The van der Waals surface area contributed by atoms with Gasteiger partial charge in [-0.3, -0.25) is 9.69 Å². The van der Waals surface area contributed by atoms with Gasteiger partial charge in [0.2, 0.25) is 5.91 Å². The summed E-state index contributed by atoms with van der Waals surface area (Å²) in [4.78, 5) is 15.1. The summed E-state index contributed by atoms with van der Waals surface area (Å²) in [5.41, 5.74) is 2.16. The van der Waals surface area contributed by atoms with E-state index in [2.05, 4.69) is 17.5 Å². The zero-order valence-electron chi connectivity index (χ0n) is 21.8. The van der Waals surface area contributed by atoms with Gasteiger partial charge >= 0.3 is 0 Å². The van der Waals surface area contributed by atoms with Gasteiger partial charge in [0.15, 0.2) is 0 Å². The summed E-state index contributed by atoms with van der Waals surface area (Å²) < 4.78 is 54.6. The van der Waals surface area contributed by atoms with Gasteiger partial charge in [0.05, 0.1) is 18.2 Å². The van der Waals surface area contributed by atoms with Crippen LogP contribution in [0.1, 0.15) is 56.1 Å². The van der Waals surface area contributed by atoms with Crippen molar-refractivity contribution in [3.63, 3.8) is 0 Å². The molecule has 4 aliphatic rings. The smallest absolute Gasteiger partial charge is 0.261 e. The zero-order chi connectivity index (χ0) is 27.4. The molecule has 1 amide bonds. The van der Waals surface area contributed by atoms with E-state index in [1.165, 1.54) is 5.56 Å². The first-order valence-corrected chi connectivity index (χ1v) is 14.1. The number of hydrogen-bond donors (Lipinski definition) is 1. The molecule has 2 aromatic rings. The van der Waals surface area contributed by atoms with E-state index in [1.807, 2.05) is 18.2 Å². The Kier molecular flexibility index (Phi) is 6.69. The van der Waals surface area contributed by atoms with Gasteiger partial charge in [0.25, 0.3) is 5.92 Å². The first-order valence-electron chi connectivity index (χ1n) is 14.1. The molecule has 3 saturated carbocycles. The van der Waals surface area contributed by atoms with Crippen molar-refractivity contribution in [3.8, 4) is 6.07 Å². The third-order valence-corrected chi connectivity index (χ3v) is 9.81. The van der Waals surface area contributed by atoms with Crippen LogP contribution >= 0.6 is 0 Å². The van der Waals surface area contributed by atoms with Gasteiger partial charge in [0, 0.05) is 30.6 Å². The van der Waals surface area contributed by atoms with E-state index in [-0.39, 0.29) is 47.7 Å². The lowest BCUT2D eigenvalue weighted by atomic mass is 9.75. The number of nitrogens with zero attached hydrogens (tertiary/aromatic N) is 2. The van der Waals surface area contributed by atoms with Crippen LogP contribution in [-0.2, 0) is 10.2 Å². The number of carbonyl (C=O) groups excluding carboxylic acids is 1. The van der Waals surface area contributed by atoms with Crippen LogP contribution in [0.2, 0.25) is 0 Å². The second kappa shape index (κ2) is 9.92. The molecule has 6 rings (SSSR count). The molecule has 206 valence electrons. The van der Waals surface area contributed by atoms with Gasteiger partial charge in [-0.15, -0.1) is 0 Å². The number of carbonyl (C=O) groups is 1. The molecule has 0 radical (unpaired) electrons. The highest BCUT2D eigenvalue weighted by atomic mass is 19.3. The number of nitriles is 1. The van der Waals surface area contributed by atoms with Crippen LogP contribution in [0.15, 0.2) is 42.5 Å². The highest BCUT2D eigenvalue weighted by Crippen LogP contribution is 2.68. The van der Waals surface area contributed by atoms with Crippen molar-refractivity contribution in [2.45, 2.75) is 56.3 Å². The van der Waals surface area contributed by atoms with Crippen LogP contribution in [-0.4, -0.2) is 36.4 Å². The number of halogens is 4. The van der Waals surface area contributed by atoms with Crippen molar-refractivity contribution >= 4 is 11.6 Å². The average molecular weight is 540 g/mol. The van der Waals surface area contributed by atoms with E-state index < -0.39 is 17.6 Å². The standard InChI is InChI=1S/C31H33F4N3O/c32-23-13-24(33)15-25(14-23)37-29(39)28-26(5-2-9-38-10-8-31(34,35)18-38)27(28)20-6-7-30(16-22(30)12-20)21-4-1-3-19(11-21)17-36/h1,3-4,11,13-15,20,22,26-28H,2,5-10,12,16,18H2,(H,37,39)/t20-,22?,26?,27-,28?,30-/m1/s1. The Morgan fingerprint density at radius 2 is 1.92 bits per heavy atom. The molecule has 0 aromatic heterocycles. The Bertz CT molecular complexity index is 1290. The first-order chi connectivity index (χ1) is 18.7. The fraction of sp³-hybridized carbons (Fsp3) is 0.548. The maximum Gasteiger partial charge on any atom is 0.261 e. The lowest BCUT2D eigenvalue weighted by Gasteiger charge is -2.29. The summed E-state index contributed by atoms with van der Waals surface area (Å²) in [6.07, 6.45) is 5.55. The van der Waals surface area contributed by atoms with Crippen molar-refractivity contribution in [2.24, 2.45) is 29.6 Å². The lowest BCUT2D eigenvalue weighted by Crippen LogP contribution is -2.26. The van der Waals surface area contributed by atoms with E-state index in [0.717, 1.165) is 56.7 Å². The third kappa shape index (κ3) is 5.30. The van der Waals surface area contributed by atoms with Crippen molar-refractivity contribution in [2.75, 3.05) is 25.0 Å². The maximum atomic E-state index is 13.7. The quantitative estimate of drug-likeness (QED) is 0.389. The predicted octanol–water partition coefficient (Wildman–Crippen LogP) is 6.52. The molecule has 0 bridgehead atoms. The molecule has 1 aliphatic heterocycles. The molecule has 1 N–H and O–H groups in total. The minimum Gasteiger partial charge on any atom is -0.326 e. The maximum absolute atomic E-state index is 13.7. The Morgan fingerprint density at radius 3 is 2.62 bits per heavy atom. The molecule has 1 heterocycles. The number of benzene rings is 2. The number of hydrogen-bond acceptors (Lipinski definition) is 3. The van der Waals surface area contributed by atoms with Gasteiger partial charge in [-0.05, 0) is 104 Å². The number of anilines is 1. The Morgan fingerprint density at radius 1 is 1.13 bits per heavy atom. The third-order valence-electron chi connectivity index (χ3n) is 9.81. The summed E-state index contributed by atoms with van der Waals surface area (Å²) in [7, 11) is 0. The van der Waals surface area contributed by atoms with Gasteiger partial charge < -0.3 is 5.32 Å². The summed E-state index contributed by atoms with van der Waals surface area (Å²) in [6, 6.07) is 13.2. The molecule has 1 saturated heterocycles. The van der Waals surface area contributed by atoms with Crippen LogP contribution < -0.4 is 5.32 Å². The fourth-order valence-electron chi connectivity index (χ4n) is 7.85. The van der Waals surface area contributed by atoms with E-state index in [0.29, 0.717) is 30.5 Å². The van der Waals surface area contributed by atoms with E-state index in [4.69, 9.17) is 0 Å². The molecule has 4 fully saturated rings. The molecule has 4 nitrogen and oxygen atoms in total. The molecule has 2 aromatic carbocycles. The topological polar surface area (TPSA) is 56.1 Å². The van der Waals surface area contributed by atoms with Gasteiger partial charge in [-0.1, -0.05) is 12.1 Å². The SMILES string of the molecule is N#Cc1cccc([C@]23CC[C@@H]([C@@H]4C(CCCN5CCC(F)(F)C5)C4C(=O)Nc4cc(F)cc(F)c4)CC2C3)c1. The molecule has 0 spiro atoms. The summed E-state index contributed by atoms with van der Waals surface area (Å²) in [5.74, 6) is -3.31. The molecule has 39 heavy (non-hydrogen) atoms. The fourth-order valence-corrected chi connectivity index (χ4v) is 7.85. The van der Waals surface area contributed by atoms with Crippen LogP contribution in [0.25, 0.3) is 0 Å². The predicted molar refractivity (Wildman–Crippen MR) is 139 cm³/mol. The number of fused-ring (bicyclic) bond motifs is 1. The summed E-state index contributed by atoms with van der Waals surface area (Å²) in [6.45, 7) is 0.791. The number of likely N-dealkylation sites (tertiary alicyclic amines) is 1. The lowest BCUT2D eigenvalue weighted by molar-refractivity contribution is -0.118. The zero-order valence-corrected chi connectivity index (χ0v) is 21.8. The van der Waals surface area contributed by atoms with Crippen molar-refractivity contribution in [1.82, 2.24) is 4.90 Å². The first kappa shape index (κ1) is 26.3. The van der Waals surface area contributed by atoms with Crippen molar-refractivity contribution in [3.05, 3.63) is 65.2 Å². The number of nitrogens with one attached hydrogen (secondary N) is 1. The Labute approximate surface area is 226 Å². The van der Waals surface area contributed by atoms with Crippen LogP contribution in [0.5, 0.6) is 0 Å². The second-order valence-corrected chi connectivity index (χ2v) is 12.2. The normalized spacial score (nSPS) is 32.7. The van der Waals surface area contributed by atoms with Crippen LogP contribution in [0, 0.1) is 52.6 Å². The minimum atomic E-state index is -2.61. The molecule has 8 heteroatoms. The molecular weight excluding hydrogens is 506 g/mol. The second-order valence-electron chi connectivity index (χ2n) is 12.2. The number of amides is 1. The number of rotatable bonds is 8. The molecular formula is C31H33F4N3O. The van der Waals surface area contributed by atoms with Gasteiger partial charge in [-0.2, -0.15) is 5.26 Å². The number of alkyl halides is 2. The molecule has 6 atom stereocenters. The Hall–Kier alpha value is -2.92. The van der Waals surface area contributed by atoms with Gasteiger partial charge in [-0.25, -0.2) is 17.6 Å². The van der Waals surface area contributed by atoms with Crippen LogP contribution in [0.4, 0.5) is 23.2 Å². The summed E-state index contributed by atoms with van der Waals surface area (Å²) >= 11 is 0. The van der Waals surface area contributed by atoms with E-state index in [9.17, 15) is 27.6 Å². The highest BCUT2D eigenvalue weighted by molar-refractivity contribution is 5.95. The Balaban J connectivity index is 1.12. The van der Waals surface area contributed by atoms with E-state index in [1.54, 1.807) is 4.90 Å². The van der Waals surface area contributed by atoms with E-state index >= 15 is 0 Å². The molecule has 3 aliphatic carbocycles. The van der Waals surface area contributed by atoms with Crippen LogP contribution in [0.3, 0.4) is 0 Å². The van der Waals surface area contributed by atoms with Gasteiger partial charge in [0.1, 0.15) is 11.6 Å².